The molecule has 3 aromatic rings. The van der Waals surface area contributed by atoms with Gasteiger partial charge in [-0.05, 0) is 30.0 Å². The number of H-pyrrole nitrogens is 1. The average Bonchev–Trinajstić information content (AvgIpc) is 2.94. The van der Waals surface area contributed by atoms with Crippen molar-refractivity contribution in [2.75, 3.05) is 0 Å². The normalized spacial score (nSPS) is 12.7. The van der Waals surface area contributed by atoms with Crippen molar-refractivity contribution >= 4 is 21.6 Å². The number of aromatic nitrogens is 3. The van der Waals surface area contributed by atoms with Crippen LogP contribution in [0.25, 0.3) is 10.2 Å². The van der Waals surface area contributed by atoms with E-state index >= 15 is 0 Å². The number of hydrogen-bond donors (Lipinski definition) is 2. The molecular formula is C14H14N4OS. The predicted octanol–water partition coefficient (Wildman–Crippen LogP) is 2.23. The Bertz CT molecular complexity index is 765. The van der Waals surface area contributed by atoms with Gasteiger partial charge in [-0.3, -0.25) is 9.78 Å². The van der Waals surface area contributed by atoms with E-state index in [4.69, 9.17) is 0 Å². The average molecular weight is 286 g/mol. The number of nitrogens with one attached hydrogen (secondary N) is 2. The van der Waals surface area contributed by atoms with Gasteiger partial charge in [-0.25, -0.2) is 4.98 Å². The number of fused-ring (bicyclic) bond motifs is 1. The number of thiophene rings is 1. The third-order valence-electron chi connectivity index (χ3n) is 3.12. The molecule has 0 amide bonds. The number of aromatic amines is 1. The van der Waals surface area contributed by atoms with E-state index in [1.165, 1.54) is 11.3 Å². The van der Waals surface area contributed by atoms with E-state index in [-0.39, 0.29) is 11.6 Å². The summed E-state index contributed by atoms with van der Waals surface area (Å²) in [5.41, 5.74) is 1.78. The molecule has 0 fully saturated rings. The van der Waals surface area contributed by atoms with E-state index in [1.807, 2.05) is 29.8 Å². The number of rotatable bonds is 4. The van der Waals surface area contributed by atoms with Crippen LogP contribution < -0.4 is 10.9 Å². The molecule has 3 aromatic heterocycles. The standard InChI is InChI=1S/C14H14N4OS/c1-9(10-3-2-5-15-7-10)16-8-12-17-11-4-6-20-13(11)14(19)18-12/h2-7,9,16H,8H2,1H3,(H,17,18,19). The molecule has 0 aliphatic carbocycles. The Morgan fingerprint density at radius 3 is 3.15 bits per heavy atom. The molecule has 1 atom stereocenters. The summed E-state index contributed by atoms with van der Waals surface area (Å²) in [6.45, 7) is 2.56. The summed E-state index contributed by atoms with van der Waals surface area (Å²) in [5, 5.41) is 5.21. The molecule has 0 aliphatic heterocycles. The lowest BCUT2D eigenvalue weighted by molar-refractivity contribution is 0.558. The number of pyridine rings is 1. The molecule has 3 rings (SSSR count). The maximum absolute atomic E-state index is 11.9. The first-order valence-corrected chi connectivity index (χ1v) is 7.22. The van der Waals surface area contributed by atoms with Crippen LogP contribution in [0, 0.1) is 0 Å². The van der Waals surface area contributed by atoms with Crippen molar-refractivity contribution in [1.29, 1.82) is 0 Å². The Hall–Kier alpha value is -2.05. The van der Waals surface area contributed by atoms with Gasteiger partial charge in [-0.2, -0.15) is 0 Å². The summed E-state index contributed by atoms with van der Waals surface area (Å²) in [4.78, 5) is 23.2. The first-order valence-electron chi connectivity index (χ1n) is 6.34. The van der Waals surface area contributed by atoms with Crippen molar-refractivity contribution in [3.05, 3.63) is 57.7 Å². The highest BCUT2D eigenvalue weighted by atomic mass is 32.1. The van der Waals surface area contributed by atoms with Crippen molar-refractivity contribution < 1.29 is 0 Å². The van der Waals surface area contributed by atoms with Crippen LogP contribution in [0.4, 0.5) is 0 Å². The molecule has 0 spiro atoms. The second kappa shape index (κ2) is 5.52. The zero-order valence-corrected chi connectivity index (χ0v) is 11.8. The number of hydrogen-bond acceptors (Lipinski definition) is 5. The van der Waals surface area contributed by atoms with Crippen molar-refractivity contribution in [3.8, 4) is 0 Å². The minimum absolute atomic E-state index is 0.0733. The van der Waals surface area contributed by atoms with Gasteiger partial charge in [-0.1, -0.05) is 6.07 Å². The molecule has 1 unspecified atom stereocenters. The van der Waals surface area contributed by atoms with Crippen LogP contribution in [-0.4, -0.2) is 15.0 Å². The second-order valence-corrected chi connectivity index (χ2v) is 5.45. The fourth-order valence-electron chi connectivity index (χ4n) is 2.01. The van der Waals surface area contributed by atoms with E-state index in [2.05, 4.69) is 27.2 Å². The Morgan fingerprint density at radius 2 is 2.35 bits per heavy atom. The van der Waals surface area contributed by atoms with Crippen molar-refractivity contribution in [1.82, 2.24) is 20.3 Å². The highest BCUT2D eigenvalue weighted by Crippen LogP contribution is 2.14. The Morgan fingerprint density at radius 1 is 1.45 bits per heavy atom. The van der Waals surface area contributed by atoms with Gasteiger partial charge in [0.1, 0.15) is 10.5 Å². The minimum atomic E-state index is -0.0733. The summed E-state index contributed by atoms with van der Waals surface area (Å²) in [6, 6.07) is 5.93. The molecule has 3 heterocycles. The molecule has 2 N–H and O–H groups in total. The zero-order chi connectivity index (χ0) is 13.9. The number of nitrogens with zero attached hydrogens (tertiary/aromatic N) is 2. The second-order valence-electron chi connectivity index (χ2n) is 4.54. The van der Waals surface area contributed by atoms with Gasteiger partial charge >= 0.3 is 0 Å². The summed E-state index contributed by atoms with van der Waals surface area (Å²) in [5.74, 6) is 0.650. The molecule has 0 saturated heterocycles. The predicted molar refractivity (Wildman–Crippen MR) is 79.7 cm³/mol. The van der Waals surface area contributed by atoms with Gasteiger partial charge in [0.05, 0.1) is 12.1 Å². The van der Waals surface area contributed by atoms with E-state index < -0.39 is 0 Å². The van der Waals surface area contributed by atoms with Crippen LogP contribution >= 0.6 is 11.3 Å². The quantitative estimate of drug-likeness (QED) is 0.771. The van der Waals surface area contributed by atoms with Gasteiger partial charge in [0.15, 0.2) is 0 Å². The van der Waals surface area contributed by atoms with Crippen LogP contribution in [0.3, 0.4) is 0 Å². The van der Waals surface area contributed by atoms with E-state index in [0.29, 0.717) is 17.1 Å². The maximum Gasteiger partial charge on any atom is 0.268 e. The Kier molecular flexibility index (Phi) is 3.58. The van der Waals surface area contributed by atoms with Crippen LogP contribution in [0.5, 0.6) is 0 Å². The van der Waals surface area contributed by atoms with Crippen molar-refractivity contribution in [3.63, 3.8) is 0 Å². The lowest BCUT2D eigenvalue weighted by atomic mass is 10.1. The topological polar surface area (TPSA) is 70.7 Å². The summed E-state index contributed by atoms with van der Waals surface area (Å²) in [7, 11) is 0. The van der Waals surface area contributed by atoms with Crippen molar-refractivity contribution in [2.24, 2.45) is 0 Å². The van der Waals surface area contributed by atoms with Gasteiger partial charge in [-0.15, -0.1) is 11.3 Å². The molecule has 20 heavy (non-hydrogen) atoms. The Balaban J connectivity index is 1.75. The molecular weight excluding hydrogens is 272 g/mol. The SMILES string of the molecule is CC(NCc1nc2ccsc2c(=O)[nH]1)c1cccnc1. The lowest BCUT2D eigenvalue weighted by Crippen LogP contribution is -2.22. The molecule has 0 saturated carbocycles. The smallest absolute Gasteiger partial charge is 0.268 e. The van der Waals surface area contributed by atoms with Crippen LogP contribution in [0.1, 0.15) is 24.4 Å². The van der Waals surface area contributed by atoms with Gasteiger partial charge < -0.3 is 10.3 Å². The fourth-order valence-corrected chi connectivity index (χ4v) is 2.73. The Labute approximate surface area is 119 Å². The molecule has 102 valence electrons. The van der Waals surface area contributed by atoms with Gasteiger partial charge in [0.25, 0.3) is 5.56 Å². The molecule has 5 nitrogen and oxygen atoms in total. The molecule has 0 aliphatic rings. The first kappa shape index (κ1) is 13.0. The third kappa shape index (κ3) is 2.61. The van der Waals surface area contributed by atoms with Gasteiger partial charge in [0.2, 0.25) is 0 Å². The molecule has 6 heteroatoms. The first-order chi connectivity index (χ1) is 9.74. The molecule has 0 aromatic carbocycles. The van der Waals surface area contributed by atoms with E-state index in [1.54, 1.807) is 6.20 Å². The van der Waals surface area contributed by atoms with Crippen LogP contribution in [0.15, 0.2) is 40.8 Å². The highest BCUT2D eigenvalue weighted by molar-refractivity contribution is 7.17. The summed E-state index contributed by atoms with van der Waals surface area (Å²) in [6.07, 6.45) is 3.58. The summed E-state index contributed by atoms with van der Waals surface area (Å²) < 4.78 is 0.675. The minimum Gasteiger partial charge on any atom is -0.308 e. The molecule has 0 bridgehead atoms. The largest absolute Gasteiger partial charge is 0.308 e. The van der Waals surface area contributed by atoms with Crippen molar-refractivity contribution in [2.45, 2.75) is 19.5 Å². The van der Waals surface area contributed by atoms with Crippen LogP contribution in [-0.2, 0) is 6.54 Å². The van der Waals surface area contributed by atoms with E-state index in [9.17, 15) is 4.79 Å². The third-order valence-corrected chi connectivity index (χ3v) is 4.03. The van der Waals surface area contributed by atoms with Gasteiger partial charge in [0, 0.05) is 18.4 Å². The highest BCUT2D eigenvalue weighted by Gasteiger charge is 2.08. The molecule has 0 radical (unpaired) electrons. The van der Waals surface area contributed by atoms with E-state index in [0.717, 1.165) is 11.1 Å². The van der Waals surface area contributed by atoms with Crippen LogP contribution in [0.2, 0.25) is 0 Å². The lowest BCUT2D eigenvalue weighted by Gasteiger charge is -2.13. The monoisotopic (exact) mass is 286 g/mol. The summed E-state index contributed by atoms with van der Waals surface area (Å²) >= 11 is 1.41. The zero-order valence-electron chi connectivity index (χ0n) is 11.0. The fraction of sp³-hybridized carbons (Fsp3) is 0.214. The maximum atomic E-state index is 11.9.